The number of rotatable bonds is 11. The number of allylic oxidation sites excluding steroid dienone is 2. The zero-order valence-corrected chi connectivity index (χ0v) is 23.1. The molecule has 2 heterocycles. The maximum Gasteiger partial charge on any atom is 0.264 e. The van der Waals surface area contributed by atoms with Gasteiger partial charge in [-0.25, -0.2) is 0 Å². The van der Waals surface area contributed by atoms with E-state index < -0.39 is 10.1 Å². The van der Waals surface area contributed by atoms with Gasteiger partial charge in [0.1, 0.15) is 6.17 Å². The van der Waals surface area contributed by atoms with Crippen LogP contribution in [-0.2, 0) is 16.5 Å². The SMILES string of the molecule is CCCC1=CC=NC(C(CCS(=O)(=O)O)N2c3ccccc3Sc3ccc(CCC)cc32)N1CCC. The van der Waals surface area contributed by atoms with E-state index in [-0.39, 0.29) is 24.4 Å². The van der Waals surface area contributed by atoms with Gasteiger partial charge in [0.25, 0.3) is 10.1 Å². The maximum atomic E-state index is 12.0. The highest BCUT2D eigenvalue weighted by molar-refractivity contribution is 7.99. The summed E-state index contributed by atoms with van der Waals surface area (Å²) in [6.07, 6.45) is 8.92. The van der Waals surface area contributed by atoms with Crippen LogP contribution in [0.5, 0.6) is 0 Å². The average Bonchev–Trinajstić information content (AvgIpc) is 2.85. The Morgan fingerprint density at radius 1 is 1.00 bits per heavy atom. The molecule has 0 aromatic heterocycles. The van der Waals surface area contributed by atoms with Gasteiger partial charge < -0.3 is 9.80 Å². The van der Waals surface area contributed by atoms with Crippen molar-refractivity contribution < 1.29 is 13.0 Å². The number of aliphatic imine (C=N–C) groups is 1. The second-order valence-electron chi connectivity index (χ2n) is 9.45. The van der Waals surface area contributed by atoms with Gasteiger partial charge in [-0.1, -0.05) is 63.6 Å². The average molecular weight is 528 g/mol. The number of nitrogens with zero attached hydrogens (tertiary/aromatic N) is 3. The molecule has 2 aromatic carbocycles. The van der Waals surface area contributed by atoms with Crippen LogP contribution in [0.25, 0.3) is 0 Å². The third-order valence-electron chi connectivity index (χ3n) is 6.68. The molecule has 6 nitrogen and oxygen atoms in total. The second kappa shape index (κ2) is 11.8. The van der Waals surface area contributed by atoms with Gasteiger partial charge in [0, 0.05) is 28.2 Å². The summed E-state index contributed by atoms with van der Waals surface area (Å²) >= 11 is 1.75. The normalized spacial score (nSPS) is 18.0. The van der Waals surface area contributed by atoms with E-state index in [4.69, 9.17) is 4.99 Å². The summed E-state index contributed by atoms with van der Waals surface area (Å²) in [5, 5.41) is 0. The molecule has 0 radical (unpaired) electrons. The maximum absolute atomic E-state index is 12.0. The molecule has 2 aliphatic heterocycles. The minimum Gasteiger partial charge on any atom is -0.351 e. The van der Waals surface area contributed by atoms with Crippen molar-refractivity contribution in [1.29, 1.82) is 0 Å². The third kappa shape index (κ3) is 5.98. The number of benzene rings is 2. The molecule has 0 saturated heterocycles. The number of anilines is 2. The predicted molar refractivity (Wildman–Crippen MR) is 150 cm³/mol. The minimum atomic E-state index is -4.14. The topological polar surface area (TPSA) is 73.2 Å². The lowest BCUT2D eigenvalue weighted by Gasteiger charge is -2.46. The Morgan fingerprint density at radius 3 is 2.47 bits per heavy atom. The van der Waals surface area contributed by atoms with Gasteiger partial charge in [-0.05, 0) is 61.6 Å². The fourth-order valence-corrected chi connectivity index (χ4v) is 6.77. The summed E-state index contributed by atoms with van der Waals surface area (Å²) < 4.78 is 33.7. The van der Waals surface area contributed by atoms with Crippen molar-refractivity contribution in [2.75, 3.05) is 17.2 Å². The quantitative estimate of drug-likeness (QED) is 0.328. The predicted octanol–water partition coefficient (Wildman–Crippen LogP) is 6.69. The van der Waals surface area contributed by atoms with Crippen LogP contribution >= 0.6 is 11.8 Å². The van der Waals surface area contributed by atoms with Crippen LogP contribution in [0.4, 0.5) is 11.4 Å². The molecule has 0 saturated carbocycles. The van der Waals surface area contributed by atoms with Crippen LogP contribution in [0, 0.1) is 0 Å². The summed E-state index contributed by atoms with van der Waals surface area (Å²) in [6.45, 7) is 7.34. The van der Waals surface area contributed by atoms with Crippen molar-refractivity contribution in [3.63, 3.8) is 0 Å². The first-order chi connectivity index (χ1) is 17.4. The molecule has 2 unspecified atom stereocenters. The van der Waals surface area contributed by atoms with Crippen molar-refractivity contribution in [3.8, 4) is 0 Å². The molecule has 2 atom stereocenters. The molecule has 0 aliphatic carbocycles. The number of fused-ring (bicyclic) bond motifs is 2. The first kappa shape index (κ1) is 26.8. The lowest BCUT2D eigenvalue weighted by Crippen LogP contribution is -2.51. The van der Waals surface area contributed by atoms with Crippen LogP contribution in [0.1, 0.15) is 58.4 Å². The molecule has 0 amide bonds. The van der Waals surface area contributed by atoms with Crippen LogP contribution in [0.3, 0.4) is 0 Å². The Balaban J connectivity index is 1.87. The lowest BCUT2D eigenvalue weighted by atomic mass is 10.0. The molecule has 0 fully saturated rings. The molecule has 8 heteroatoms. The molecule has 194 valence electrons. The van der Waals surface area contributed by atoms with Gasteiger partial charge in [-0.15, -0.1) is 0 Å². The highest BCUT2D eigenvalue weighted by atomic mass is 32.2. The van der Waals surface area contributed by atoms with E-state index in [9.17, 15) is 13.0 Å². The number of para-hydroxylation sites is 1. The number of aryl methyl sites for hydroxylation is 1. The summed E-state index contributed by atoms with van der Waals surface area (Å²) in [7, 11) is -4.14. The zero-order chi connectivity index (χ0) is 25.7. The van der Waals surface area contributed by atoms with Crippen molar-refractivity contribution in [2.24, 2.45) is 4.99 Å². The van der Waals surface area contributed by atoms with E-state index in [1.807, 2.05) is 18.3 Å². The fourth-order valence-electron chi connectivity index (χ4n) is 5.18. The van der Waals surface area contributed by atoms with E-state index in [0.29, 0.717) is 0 Å². The van der Waals surface area contributed by atoms with E-state index in [2.05, 4.69) is 67.0 Å². The third-order valence-corrected chi connectivity index (χ3v) is 8.56. The smallest absolute Gasteiger partial charge is 0.264 e. The molecule has 2 aromatic rings. The standard InChI is InChI=1S/C28H37N3O3S2/c1-4-9-21-13-14-27-25(20-21)31(23-11-7-8-12-26(23)35-27)24(16-19-36(32,33)34)28-29-17-15-22(10-5-2)30(28)18-6-3/h7-8,11-15,17,20,24,28H,4-6,9-10,16,18-19H2,1-3H3,(H,32,33,34). The Kier molecular flexibility index (Phi) is 8.80. The van der Waals surface area contributed by atoms with E-state index in [1.165, 1.54) is 11.3 Å². The van der Waals surface area contributed by atoms with Gasteiger partial charge in [-0.3, -0.25) is 9.55 Å². The lowest BCUT2D eigenvalue weighted by molar-refractivity contribution is 0.212. The molecular formula is C28H37N3O3S2. The summed E-state index contributed by atoms with van der Waals surface area (Å²) in [4.78, 5) is 11.9. The summed E-state index contributed by atoms with van der Waals surface area (Å²) in [5.74, 6) is -0.313. The van der Waals surface area contributed by atoms with Crippen molar-refractivity contribution in [2.45, 2.75) is 81.3 Å². The Hall–Kier alpha value is -2.29. The van der Waals surface area contributed by atoms with Gasteiger partial charge in [0.05, 0.1) is 23.2 Å². The molecule has 36 heavy (non-hydrogen) atoms. The molecular weight excluding hydrogens is 490 g/mol. The molecule has 2 aliphatic rings. The van der Waals surface area contributed by atoms with Gasteiger partial charge in [0.2, 0.25) is 0 Å². The Labute approximate surface area is 220 Å². The van der Waals surface area contributed by atoms with E-state index in [0.717, 1.165) is 59.8 Å². The van der Waals surface area contributed by atoms with Crippen LogP contribution in [0.15, 0.2) is 69.0 Å². The largest absolute Gasteiger partial charge is 0.351 e. The van der Waals surface area contributed by atoms with Crippen LogP contribution < -0.4 is 4.90 Å². The Bertz CT molecular complexity index is 1230. The van der Waals surface area contributed by atoms with Crippen molar-refractivity contribution in [3.05, 3.63) is 59.8 Å². The van der Waals surface area contributed by atoms with Gasteiger partial charge >= 0.3 is 0 Å². The molecule has 0 spiro atoms. The molecule has 4 rings (SSSR count). The zero-order valence-electron chi connectivity index (χ0n) is 21.4. The first-order valence-electron chi connectivity index (χ1n) is 13.0. The van der Waals surface area contributed by atoms with Gasteiger partial charge in [0.15, 0.2) is 0 Å². The molecule has 0 bridgehead atoms. The number of hydrogen-bond acceptors (Lipinski definition) is 6. The number of hydrogen-bond donors (Lipinski definition) is 1. The molecule has 1 N–H and O–H groups in total. The van der Waals surface area contributed by atoms with Crippen molar-refractivity contribution >= 4 is 39.5 Å². The minimum absolute atomic E-state index is 0.261. The monoisotopic (exact) mass is 527 g/mol. The van der Waals surface area contributed by atoms with Crippen molar-refractivity contribution in [1.82, 2.24) is 4.90 Å². The second-order valence-corrected chi connectivity index (χ2v) is 12.1. The van der Waals surface area contributed by atoms with Crippen LogP contribution in [-0.4, -0.2) is 48.6 Å². The first-order valence-corrected chi connectivity index (χ1v) is 15.4. The highest BCUT2D eigenvalue weighted by Gasteiger charge is 2.38. The Morgan fingerprint density at radius 2 is 1.75 bits per heavy atom. The summed E-state index contributed by atoms with van der Waals surface area (Å²) in [5.41, 5.74) is 4.64. The van der Waals surface area contributed by atoms with Crippen LogP contribution in [0.2, 0.25) is 0 Å². The van der Waals surface area contributed by atoms with E-state index >= 15 is 0 Å². The summed E-state index contributed by atoms with van der Waals surface area (Å²) in [6, 6.07) is 14.6. The fraction of sp³-hybridized carbons (Fsp3) is 0.464. The van der Waals surface area contributed by atoms with E-state index in [1.54, 1.807) is 11.8 Å². The highest BCUT2D eigenvalue weighted by Crippen LogP contribution is 2.50. The van der Waals surface area contributed by atoms with Gasteiger partial charge in [-0.2, -0.15) is 8.42 Å².